The SMILES string of the molecule is CCCC[C@H](NC(=O)CCNC(=O)NC12CC3CC(CC(C3)C1)C2)C(=O)O. The number of hydrogen-bond donors (Lipinski definition) is 4. The number of carboxylic acid groups (broad SMARTS) is 1. The van der Waals surface area contributed by atoms with E-state index in [1.54, 1.807) is 0 Å². The third kappa shape index (κ3) is 5.14. The topological polar surface area (TPSA) is 108 Å². The van der Waals surface area contributed by atoms with E-state index in [1.165, 1.54) is 19.3 Å². The summed E-state index contributed by atoms with van der Waals surface area (Å²) in [5.41, 5.74) is -0.0460. The highest BCUT2D eigenvalue weighted by Crippen LogP contribution is 2.55. The second-order valence-corrected chi connectivity index (χ2v) is 8.93. The number of carbonyl (C=O) groups is 3. The Labute approximate surface area is 161 Å². The van der Waals surface area contributed by atoms with Crippen molar-refractivity contribution < 1.29 is 19.5 Å². The lowest BCUT2D eigenvalue weighted by atomic mass is 9.53. The predicted octanol–water partition coefficient (Wildman–Crippen LogP) is 2.40. The summed E-state index contributed by atoms with van der Waals surface area (Å²) in [6, 6.07) is -1.05. The van der Waals surface area contributed by atoms with Crippen molar-refractivity contribution in [2.24, 2.45) is 17.8 Å². The molecule has 0 radical (unpaired) electrons. The molecule has 0 spiro atoms. The van der Waals surface area contributed by atoms with E-state index in [-0.39, 0.29) is 30.4 Å². The number of nitrogens with one attached hydrogen (secondary N) is 3. The molecule has 152 valence electrons. The van der Waals surface area contributed by atoms with Crippen LogP contribution in [-0.2, 0) is 9.59 Å². The molecule has 0 unspecified atom stereocenters. The van der Waals surface area contributed by atoms with Crippen LogP contribution in [0.5, 0.6) is 0 Å². The lowest BCUT2D eigenvalue weighted by Crippen LogP contribution is -2.61. The first-order valence-electron chi connectivity index (χ1n) is 10.5. The van der Waals surface area contributed by atoms with Gasteiger partial charge in [-0.2, -0.15) is 0 Å². The summed E-state index contributed by atoms with van der Waals surface area (Å²) < 4.78 is 0. The summed E-state index contributed by atoms with van der Waals surface area (Å²) in [5, 5.41) is 17.7. The first-order chi connectivity index (χ1) is 12.9. The summed E-state index contributed by atoms with van der Waals surface area (Å²) in [5.74, 6) is 0.938. The minimum Gasteiger partial charge on any atom is -0.480 e. The highest BCUT2D eigenvalue weighted by molar-refractivity contribution is 5.84. The monoisotopic (exact) mass is 379 g/mol. The minimum absolute atomic E-state index is 0.0460. The third-order valence-corrected chi connectivity index (χ3v) is 6.53. The van der Waals surface area contributed by atoms with Gasteiger partial charge >= 0.3 is 12.0 Å². The number of rotatable bonds is 9. The van der Waals surface area contributed by atoms with Crippen LogP contribution in [0.2, 0.25) is 0 Å². The highest BCUT2D eigenvalue weighted by atomic mass is 16.4. The van der Waals surface area contributed by atoms with Gasteiger partial charge < -0.3 is 21.1 Å². The molecule has 0 aromatic carbocycles. The molecule has 0 heterocycles. The highest BCUT2D eigenvalue weighted by Gasteiger charge is 2.51. The zero-order chi connectivity index (χ0) is 19.4. The van der Waals surface area contributed by atoms with Gasteiger partial charge in [-0.1, -0.05) is 19.8 Å². The maximum atomic E-state index is 12.3. The molecule has 0 aliphatic heterocycles. The van der Waals surface area contributed by atoms with E-state index in [2.05, 4.69) is 16.0 Å². The molecule has 4 fully saturated rings. The molecule has 4 rings (SSSR count). The quantitative estimate of drug-likeness (QED) is 0.493. The lowest BCUT2D eigenvalue weighted by molar-refractivity contribution is -0.142. The molecule has 0 aromatic heterocycles. The van der Waals surface area contributed by atoms with Crippen molar-refractivity contribution >= 4 is 17.9 Å². The number of hydrogen-bond acceptors (Lipinski definition) is 3. The Bertz CT molecular complexity index is 542. The summed E-state index contributed by atoms with van der Waals surface area (Å²) in [4.78, 5) is 35.5. The molecule has 1 atom stereocenters. The zero-order valence-corrected chi connectivity index (χ0v) is 16.3. The van der Waals surface area contributed by atoms with Gasteiger partial charge in [0, 0.05) is 18.5 Å². The van der Waals surface area contributed by atoms with Gasteiger partial charge in [-0.25, -0.2) is 9.59 Å². The molecule has 4 bridgehead atoms. The van der Waals surface area contributed by atoms with Crippen molar-refractivity contribution in [1.82, 2.24) is 16.0 Å². The van der Waals surface area contributed by atoms with E-state index in [4.69, 9.17) is 5.11 Å². The van der Waals surface area contributed by atoms with Crippen molar-refractivity contribution in [3.63, 3.8) is 0 Å². The predicted molar refractivity (Wildman–Crippen MR) is 101 cm³/mol. The van der Waals surface area contributed by atoms with Gasteiger partial charge in [0.15, 0.2) is 0 Å². The standard InChI is InChI=1S/C20H33N3O4/c1-2-3-4-16(18(25)26)22-17(24)5-6-21-19(27)23-20-10-13-7-14(11-20)9-15(8-13)12-20/h13-16H,2-12H2,1H3,(H,22,24)(H,25,26)(H2,21,23,27)/t13?,14?,15?,16-,20?/m0/s1. The van der Waals surface area contributed by atoms with Gasteiger partial charge in [-0.05, 0) is 62.7 Å². The molecule has 0 saturated heterocycles. The van der Waals surface area contributed by atoms with Gasteiger partial charge in [0.05, 0.1) is 0 Å². The van der Waals surface area contributed by atoms with Crippen molar-refractivity contribution in [2.75, 3.05) is 6.54 Å². The van der Waals surface area contributed by atoms with Crippen molar-refractivity contribution in [3.05, 3.63) is 0 Å². The van der Waals surface area contributed by atoms with Crippen LogP contribution in [0.15, 0.2) is 0 Å². The maximum Gasteiger partial charge on any atom is 0.326 e. The largest absolute Gasteiger partial charge is 0.480 e. The summed E-state index contributed by atoms with van der Waals surface area (Å²) >= 11 is 0. The van der Waals surface area contributed by atoms with E-state index in [0.717, 1.165) is 49.9 Å². The van der Waals surface area contributed by atoms with E-state index in [9.17, 15) is 14.4 Å². The molecule has 27 heavy (non-hydrogen) atoms. The number of urea groups is 1. The smallest absolute Gasteiger partial charge is 0.326 e. The molecule has 4 N–H and O–H groups in total. The van der Waals surface area contributed by atoms with Crippen molar-refractivity contribution in [1.29, 1.82) is 0 Å². The van der Waals surface area contributed by atoms with Crippen molar-refractivity contribution in [3.8, 4) is 0 Å². The number of carbonyl (C=O) groups excluding carboxylic acids is 2. The fraction of sp³-hybridized carbons (Fsp3) is 0.850. The third-order valence-electron chi connectivity index (χ3n) is 6.53. The van der Waals surface area contributed by atoms with Crippen LogP contribution >= 0.6 is 0 Å². The van der Waals surface area contributed by atoms with E-state index < -0.39 is 12.0 Å². The second-order valence-electron chi connectivity index (χ2n) is 8.93. The van der Waals surface area contributed by atoms with Gasteiger partial charge in [-0.15, -0.1) is 0 Å². The molecular weight excluding hydrogens is 346 g/mol. The van der Waals surface area contributed by atoms with Crippen LogP contribution in [0.3, 0.4) is 0 Å². The van der Waals surface area contributed by atoms with Gasteiger partial charge in [0.1, 0.15) is 6.04 Å². The average molecular weight is 380 g/mol. The molecule has 3 amide bonds. The Morgan fingerprint density at radius 2 is 1.67 bits per heavy atom. The molecule has 0 aromatic rings. The van der Waals surface area contributed by atoms with Gasteiger partial charge in [0.25, 0.3) is 0 Å². The number of unbranched alkanes of at least 4 members (excludes halogenated alkanes) is 1. The molecule has 4 aliphatic carbocycles. The Balaban J connectivity index is 1.38. The number of amides is 3. The van der Waals surface area contributed by atoms with Crippen LogP contribution in [0, 0.1) is 17.8 Å². The number of aliphatic carboxylic acids is 1. The van der Waals surface area contributed by atoms with Gasteiger partial charge in [-0.3, -0.25) is 4.79 Å². The maximum absolute atomic E-state index is 12.3. The minimum atomic E-state index is -1.01. The summed E-state index contributed by atoms with van der Waals surface area (Å²) in [6.45, 7) is 2.19. The zero-order valence-electron chi connectivity index (χ0n) is 16.3. The molecule has 4 aliphatic rings. The fourth-order valence-electron chi connectivity index (χ4n) is 5.77. The first kappa shape index (κ1) is 20.0. The molecule has 7 heteroatoms. The molecule has 4 saturated carbocycles. The normalized spacial score (nSPS) is 32.0. The average Bonchev–Trinajstić information content (AvgIpc) is 2.56. The van der Waals surface area contributed by atoms with Gasteiger partial charge in [0.2, 0.25) is 5.91 Å². The Morgan fingerprint density at radius 1 is 1.07 bits per heavy atom. The fourth-order valence-corrected chi connectivity index (χ4v) is 5.77. The van der Waals surface area contributed by atoms with Crippen LogP contribution in [0.4, 0.5) is 4.79 Å². The first-order valence-corrected chi connectivity index (χ1v) is 10.5. The Morgan fingerprint density at radius 3 is 2.19 bits per heavy atom. The lowest BCUT2D eigenvalue weighted by Gasteiger charge is -2.56. The number of carboxylic acids is 1. The molecular formula is C20H33N3O4. The van der Waals surface area contributed by atoms with E-state index >= 15 is 0 Å². The van der Waals surface area contributed by atoms with E-state index in [0.29, 0.717) is 6.42 Å². The van der Waals surface area contributed by atoms with E-state index in [1.807, 2.05) is 6.92 Å². The van der Waals surface area contributed by atoms with Crippen molar-refractivity contribution in [2.45, 2.75) is 82.7 Å². The summed E-state index contributed by atoms with van der Waals surface area (Å²) in [7, 11) is 0. The van der Waals surface area contributed by atoms with Crippen LogP contribution in [0.1, 0.15) is 71.1 Å². The Hall–Kier alpha value is -1.79. The summed E-state index contributed by atoms with van der Waals surface area (Å²) in [6.07, 6.45) is 9.39. The van der Waals surface area contributed by atoms with Crippen LogP contribution in [0.25, 0.3) is 0 Å². The Kier molecular flexibility index (Phi) is 6.27. The van der Waals surface area contributed by atoms with Crippen LogP contribution in [-0.4, -0.2) is 41.1 Å². The second kappa shape index (κ2) is 8.48. The van der Waals surface area contributed by atoms with Crippen LogP contribution < -0.4 is 16.0 Å². The molecule has 7 nitrogen and oxygen atoms in total.